The Kier molecular flexibility index (Phi) is 6.99. The number of rotatable bonds is 4. The first-order valence-electron chi connectivity index (χ1n) is 4.59. The second-order valence-corrected chi connectivity index (χ2v) is 3.19. The van der Waals surface area contributed by atoms with Crippen molar-refractivity contribution in [1.29, 1.82) is 0 Å². The topological polar surface area (TPSA) is 25.8 Å². The number of aryl methyl sites for hydroxylation is 1. The third-order valence-electron chi connectivity index (χ3n) is 1.81. The molecule has 14 heavy (non-hydrogen) atoms. The molecule has 0 aliphatic heterocycles. The number of unbranched alkanes of at least 4 members (excludes halogenated alkanes) is 1. The summed E-state index contributed by atoms with van der Waals surface area (Å²) in [4.78, 5) is 8.24. The van der Waals surface area contributed by atoms with Gasteiger partial charge in [0.25, 0.3) is 0 Å². The third kappa shape index (κ3) is 4.32. The van der Waals surface area contributed by atoms with Crippen molar-refractivity contribution in [2.45, 2.75) is 32.1 Å². The average molecular weight is 359 g/mol. The predicted molar refractivity (Wildman–Crippen MR) is 52.9 cm³/mol. The SMILES string of the molecule is [CH2-]CCCc1[c-]c(C([CH2-])C)ncn1.[W]. The summed E-state index contributed by atoms with van der Waals surface area (Å²) in [5.74, 6) is 0.182. The Hall–Kier alpha value is -0.232. The molecule has 2 nitrogen and oxygen atoms in total. The molecule has 1 unspecified atom stereocenters. The molecule has 0 aliphatic rings. The standard InChI is InChI=1S/C11H15N2.W/c1-4-5-6-10-7-11(9(2)3)13-8-12-10;/h8-9H,1-2,4-6H2,3H3;/q-3;. The van der Waals surface area contributed by atoms with E-state index < -0.39 is 0 Å². The van der Waals surface area contributed by atoms with Gasteiger partial charge < -0.3 is 19.9 Å². The van der Waals surface area contributed by atoms with Crippen LogP contribution < -0.4 is 0 Å². The van der Waals surface area contributed by atoms with Crippen LogP contribution in [0.3, 0.4) is 0 Å². The summed E-state index contributed by atoms with van der Waals surface area (Å²) >= 11 is 0. The Morgan fingerprint density at radius 2 is 2.21 bits per heavy atom. The average Bonchev–Trinajstić information content (AvgIpc) is 2.15. The van der Waals surface area contributed by atoms with Gasteiger partial charge in [0.2, 0.25) is 0 Å². The van der Waals surface area contributed by atoms with Gasteiger partial charge in [0.15, 0.2) is 0 Å². The van der Waals surface area contributed by atoms with Crippen LogP contribution in [-0.4, -0.2) is 9.97 Å². The number of nitrogens with zero attached hydrogens (tertiary/aromatic N) is 2. The van der Waals surface area contributed by atoms with Crippen molar-refractivity contribution in [1.82, 2.24) is 9.97 Å². The molecular formula is C11H15N2W-3. The molecule has 1 atom stereocenters. The Balaban J connectivity index is 0.00000169. The summed E-state index contributed by atoms with van der Waals surface area (Å²) in [7, 11) is 0. The van der Waals surface area contributed by atoms with E-state index in [1.165, 1.54) is 0 Å². The Bertz CT molecular complexity index is 261. The minimum Gasteiger partial charge on any atom is -0.429 e. The number of aromatic nitrogens is 2. The normalized spacial score (nSPS) is 11.9. The summed E-state index contributed by atoms with van der Waals surface area (Å²) in [6, 6.07) is 3.17. The van der Waals surface area contributed by atoms with Crippen molar-refractivity contribution in [3.63, 3.8) is 0 Å². The Labute approximate surface area is 101 Å². The first-order chi connectivity index (χ1) is 6.24. The monoisotopic (exact) mass is 359 g/mol. The maximum Gasteiger partial charge on any atom is 0.108 e. The quantitative estimate of drug-likeness (QED) is 0.772. The molecule has 0 fully saturated rings. The number of hydrogen-bond acceptors (Lipinski definition) is 2. The van der Waals surface area contributed by atoms with Crippen molar-refractivity contribution < 1.29 is 21.1 Å². The molecule has 1 rings (SSSR count). The van der Waals surface area contributed by atoms with Crippen LogP contribution in [0.2, 0.25) is 0 Å². The molecule has 0 spiro atoms. The summed E-state index contributed by atoms with van der Waals surface area (Å²) < 4.78 is 0. The van der Waals surface area contributed by atoms with E-state index in [0.717, 1.165) is 30.7 Å². The maximum atomic E-state index is 4.14. The molecule has 0 saturated carbocycles. The molecule has 1 aromatic heterocycles. The smallest absolute Gasteiger partial charge is 0.108 e. The second kappa shape index (κ2) is 7.11. The summed E-state index contributed by atoms with van der Waals surface area (Å²) in [6.07, 6.45) is 4.52. The minimum absolute atomic E-state index is 0. The molecule has 0 aromatic carbocycles. The Morgan fingerprint density at radius 1 is 1.50 bits per heavy atom. The molecule has 1 aromatic rings. The van der Waals surface area contributed by atoms with Crippen LogP contribution in [0, 0.1) is 19.9 Å². The third-order valence-corrected chi connectivity index (χ3v) is 1.81. The molecule has 0 amide bonds. The molecule has 78 valence electrons. The van der Waals surface area contributed by atoms with E-state index in [2.05, 4.69) is 29.9 Å². The summed E-state index contributed by atoms with van der Waals surface area (Å²) in [6.45, 7) is 9.69. The van der Waals surface area contributed by atoms with Crippen LogP contribution in [0.4, 0.5) is 0 Å². The molecule has 0 saturated heterocycles. The van der Waals surface area contributed by atoms with Crippen molar-refractivity contribution in [2.75, 3.05) is 0 Å². The molecule has 0 bridgehead atoms. The minimum atomic E-state index is 0. The van der Waals surface area contributed by atoms with Gasteiger partial charge in [-0.3, -0.25) is 9.97 Å². The largest absolute Gasteiger partial charge is 0.429 e. The molecule has 3 heteroatoms. The summed E-state index contributed by atoms with van der Waals surface area (Å²) in [5.41, 5.74) is 1.87. The first-order valence-corrected chi connectivity index (χ1v) is 4.59. The van der Waals surface area contributed by atoms with Crippen LogP contribution in [0.5, 0.6) is 0 Å². The zero-order valence-electron chi connectivity index (χ0n) is 8.49. The first kappa shape index (κ1) is 13.8. The van der Waals surface area contributed by atoms with Crippen molar-refractivity contribution in [3.8, 4) is 0 Å². The molecule has 0 N–H and O–H groups in total. The van der Waals surface area contributed by atoms with Gasteiger partial charge >= 0.3 is 0 Å². The second-order valence-electron chi connectivity index (χ2n) is 3.19. The zero-order chi connectivity index (χ0) is 9.68. The van der Waals surface area contributed by atoms with E-state index in [1.54, 1.807) is 6.33 Å². The zero-order valence-corrected chi connectivity index (χ0v) is 11.4. The van der Waals surface area contributed by atoms with Crippen molar-refractivity contribution in [2.24, 2.45) is 0 Å². The molecule has 1 heterocycles. The van der Waals surface area contributed by atoms with Crippen LogP contribution in [0.15, 0.2) is 6.33 Å². The van der Waals surface area contributed by atoms with Crippen molar-refractivity contribution >= 4 is 0 Å². The maximum absolute atomic E-state index is 4.14. The van der Waals surface area contributed by atoms with E-state index in [9.17, 15) is 0 Å². The van der Waals surface area contributed by atoms with E-state index in [-0.39, 0.29) is 27.0 Å². The van der Waals surface area contributed by atoms with Gasteiger partial charge in [-0.15, -0.1) is 5.69 Å². The molecular weight excluding hydrogens is 344 g/mol. The van der Waals surface area contributed by atoms with Gasteiger partial charge in [-0.1, -0.05) is 13.3 Å². The van der Waals surface area contributed by atoms with Crippen LogP contribution in [-0.2, 0) is 27.5 Å². The molecule has 0 aliphatic carbocycles. The molecule has 0 radical (unpaired) electrons. The van der Waals surface area contributed by atoms with Crippen LogP contribution >= 0.6 is 0 Å². The van der Waals surface area contributed by atoms with E-state index in [0.29, 0.717) is 0 Å². The Morgan fingerprint density at radius 3 is 2.79 bits per heavy atom. The van der Waals surface area contributed by atoms with Gasteiger partial charge in [-0.2, -0.15) is 18.0 Å². The van der Waals surface area contributed by atoms with Crippen LogP contribution in [0.25, 0.3) is 0 Å². The fourth-order valence-corrected chi connectivity index (χ4v) is 1.04. The van der Waals surface area contributed by atoms with E-state index in [1.807, 2.05) is 6.92 Å². The summed E-state index contributed by atoms with van der Waals surface area (Å²) in [5, 5.41) is 0. The predicted octanol–water partition coefficient (Wildman–Crippen LogP) is 2.37. The van der Waals surface area contributed by atoms with E-state index in [4.69, 9.17) is 0 Å². The fraction of sp³-hybridized carbons (Fsp3) is 0.455. The van der Waals surface area contributed by atoms with Gasteiger partial charge in [-0.25, -0.2) is 0 Å². The van der Waals surface area contributed by atoms with Gasteiger partial charge in [0, 0.05) is 21.1 Å². The fourth-order valence-electron chi connectivity index (χ4n) is 1.04. The van der Waals surface area contributed by atoms with Gasteiger partial charge in [-0.05, 0) is 6.42 Å². The van der Waals surface area contributed by atoms with Gasteiger partial charge in [0.05, 0.1) is 0 Å². The van der Waals surface area contributed by atoms with E-state index >= 15 is 0 Å². The van der Waals surface area contributed by atoms with Crippen molar-refractivity contribution in [3.05, 3.63) is 37.6 Å². The number of hydrogen-bond donors (Lipinski definition) is 0. The van der Waals surface area contributed by atoms with Crippen LogP contribution in [0.1, 0.15) is 37.1 Å². The van der Waals surface area contributed by atoms with Gasteiger partial charge in [0.1, 0.15) is 6.33 Å².